The number of benzene rings is 2. The summed E-state index contributed by atoms with van der Waals surface area (Å²) in [5, 5.41) is 16.0. The highest BCUT2D eigenvalue weighted by Crippen LogP contribution is 2.28. The second-order valence-corrected chi connectivity index (χ2v) is 12.1. The summed E-state index contributed by atoms with van der Waals surface area (Å²) in [7, 11) is 1.56. The number of rotatable bonds is 16. The zero-order valence-electron chi connectivity index (χ0n) is 25.8. The van der Waals surface area contributed by atoms with Gasteiger partial charge in [-0.15, -0.1) is 0 Å². The topological polar surface area (TPSA) is 117 Å². The van der Waals surface area contributed by atoms with Gasteiger partial charge in [-0.2, -0.15) is 11.8 Å². The molecule has 0 fully saturated rings. The van der Waals surface area contributed by atoms with Crippen LogP contribution >= 0.6 is 11.8 Å². The van der Waals surface area contributed by atoms with Crippen LogP contribution in [-0.2, 0) is 14.3 Å². The van der Waals surface area contributed by atoms with Crippen molar-refractivity contribution in [2.45, 2.75) is 83.9 Å². The third-order valence-corrected chi connectivity index (χ3v) is 7.13. The maximum atomic E-state index is 14.3. The van der Waals surface area contributed by atoms with Crippen molar-refractivity contribution in [1.29, 1.82) is 0 Å². The first-order chi connectivity index (χ1) is 20.0. The van der Waals surface area contributed by atoms with E-state index in [9.17, 15) is 19.5 Å². The Kier molecular flexibility index (Phi) is 14.5. The monoisotopic (exact) mass is 601 g/mol. The predicted molar refractivity (Wildman–Crippen MR) is 169 cm³/mol. The molecule has 10 heteroatoms. The van der Waals surface area contributed by atoms with Crippen molar-refractivity contribution >= 4 is 35.4 Å². The summed E-state index contributed by atoms with van der Waals surface area (Å²) in [6, 6.07) is 11.3. The van der Waals surface area contributed by atoms with Gasteiger partial charge in [-0.1, -0.05) is 44.7 Å². The van der Waals surface area contributed by atoms with Crippen molar-refractivity contribution in [2.75, 3.05) is 31.0 Å². The van der Waals surface area contributed by atoms with Gasteiger partial charge in [0.05, 0.1) is 7.11 Å². The Hall–Kier alpha value is -3.40. The summed E-state index contributed by atoms with van der Waals surface area (Å²) in [5.74, 6) is 0.421. The number of carbonyl (C=O) groups excluding carboxylic acids is 3. The molecule has 3 N–H and O–H groups in total. The molecule has 0 spiro atoms. The van der Waals surface area contributed by atoms with Crippen LogP contribution in [0.5, 0.6) is 11.5 Å². The lowest BCUT2D eigenvalue weighted by atomic mass is 10.0. The van der Waals surface area contributed by atoms with E-state index in [1.807, 2.05) is 6.26 Å². The first-order valence-electron chi connectivity index (χ1n) is 14.5. The van der Waals surface area contributed by atoms with Crippen molar-refractivity contribution in [2.24, 2.45) is 0 Å². The number of alkyl carbamates (subject to hydrolysis) is 1. The number of unbranched alkanes of at least 4 members (excludes halogenated alkanes) is 4. The lowest BCUT2D eigenvalue weighted by molar-refractivity contribution is -0.141. The molecular weight excluding hydrogens is 554 g/mol. The Morgan fingerprint density at radius 1 is 1.02 bits per heavy atom. The van der Waals surface area contributed by atoms with Gasteiger partial charge in [-0.3, -0.25) is 9.59 Å². The number of hydrogen-bond acceptors (Lipinski definition) is 7. The highest BCUT2D eigenvalue weighted by atomic mass is 32.2. The minimum absolute atomic E-state index is 0.0177. The van der Waals surface area contributed by atoms with Crippen molar-refractivity contribution < 1.29 is 29.0 Å². The second-order valence-electron chi connectivity index (χ2n) is 11.1. The third-order valence-electron chi connectivity index (χ3n) is 6.49. The van der Waals surface area contributed by atoms with Crippen LogP contribution in [0.4, 0.5) is 10.5 Å². The van der Waals surface area contributed by atoms with E-state index in [-0.39, 0.29) is 11.7 Å². The summed E-state index contributed by atoms with van der Waals surface area (Å²) in [5.41, 5.74) is 0.259. The number of phenolic OH excluding ortho intramolecular Hbond substituents is 1. The fourth-order valence-corrected chi connectivity index (χ4v) is 4.92. The molecule has 2 unspecified atom stereocenters. The molecule has 232 valence electrons. The molecule has 0 aliphatic carbocycles. The molecule has 0 aliphatic rings. The summed E-state index contributed by atoms with van der Waals surface area (Å²) in [6.45, 7) is 7.71. The Morgan fingerprint density at radius 3 is 2.31 bits per heavy atom. The Labute approximate surface area is 254 Å². The van der Waals surface area contributed by atoms with Gasteiger partial charge in [0.1, 0.15) is 29.2 Å². The van der Waals surface area contributed by atoms with Gasteiger partial charge in [-0.25, -0.2) is 4.79 Å². The van der Waals surface area contributed by atoms with Crippen LogP contribution < -0.4 is 15.4 Å². The van der Waals surface area contributed by atoms with Gasteiger partial charge in [0.25, 0.3) is 5.91 Å². The molecule has 2 aromatic rings. The van der Waals surface area contributed by atoms with E-state index in [0.717, 1.165) is 25.7 Å². The Balaban J connectivity index is 2.50. The molecule has 42 heavy (non-hydrogen) atoms. The summed E-state index contributed by atoms with van der Waals surface area (Å²) >= 11 is 1.56. The zero-order valence-corrected chi connectivity index (χ0v) is 26.6. The molecule has 0 aromatic heterocycles. The van der Waals surface area contributed by atoms with E-state index in [4.69, 9.17) is 9.47 Å². The Morgan fingerprint density at radius 2 is 1.71 bits per heavy atom. The average Bonchev–Trinajstić information content (AvgIpc) is 2.93. The standard InChI is InChI=1S/C32H47N3O6S/c1-7-8-9-10-11-20-35(30(38)27(19-21-42-6)34-31(39)41-32(2,3)4)28(23-13-12-14-25(36)22-23)29(37)33-24-15-17-26(40-5)18-16-24/h12-18,22,27-28,36H,7-11,19-21H2,1-6H3,(H,33,37)(H,34,39). The molecule has 0 saturated carbocycles. The van der Waals surface area contributed by atoms with E-state index in [1.54, 1.807) is 76.0 Å². The highest BCUT2D eigenvalue weighted by Gasteiger charge is 2.36. The van der Waals surface area contributed by atoms with E-state index >= 15 is 0 Å². The van der Waals surface area contributed by atoms with Crippen LogP contribution in [-0.4, -0.2) is 65.2 Å². The van der Waals surface area contributed by atoms with Gasteiger partial charge >= 0.3 is 6.09 Å². The van der Waals surface area contributed by atoms with Crippen molar-refractivity contribution in [3.05, 3.63) is 54.1 Å². The highest BCUT2D eigenvalue weighted by molar-refractivity contribution is 7.98. The third kappa shape index (κ3) is 11.8. The molecule has 3 amide bonds. The lowest BCUT2D eigenvalue weighted by Gasteiger charge is -2.34. The molecule has 2 aromatic carbocycles. The number of nitrogens with zero attached hydrogens (tertiary/aromatic N) is 1. The first-order valence-corrected chi connectivity index (χ1v) is 15.9. The molecule has 0 heterocycles. The number of aromatic hydroxyl groups is 1. The maximum Gasteiger partial charge on any atom is 0.408 e. The largest absolute Gasteiger partial charge is 0.508 e. The number of thioether (sulfide) groups is 1. The molecule has 2 rings (SSSR count). The zero-order chi connectivity index (χ0) is 31.1. The maximum absolute atomic E-state index is 14.3. The van der Waals surface area contributed by atoms with E-state index in [0.29, 0.717) is 42.1 Å². The summed E-state index contributed by atoms with van der Waals surface area (Å²) in [4.78, 5) is 42.6. The minimum atomic E-state index is -1.06. The van der Waals surface area contributed by atoms with Crippen LogP contribution in [0.3, 0.4) is 0 Å². The lowest BCUT2D eigenvalue weighted by Crippen LogP contribution is -2.52. The normalized spacial score (nSPS) is 12.6. The number of ether oxygens (including phenoxy) is 2. The number of phenols is 1. The van der Waals surface area contributed by atoms with Gasteiger partial charge < -0.3 is 30.1 Å². The number of nitrogens with one attached hydrogen (secondary N) is 2. The van der Waals surface area contributed by atoms with E-state index in [1.165, 1.54) is 17.0 Å². The van der Waals surface area contributed by atoms with Crippen LogP contribution in [0, 0.1) is 0 Å². The predicted octanol–water partition coefficient (Wildman–Crippen LogP) is 6.53. The van der Waals surface area contributed by atoms with Gasteiger partial charge in [-0.05, 0) is 87.6 Å². The fourth-order valence-electron chi connectivity index (χ4n) is 4.45. The molecule has 0 saturated heterocycles. The van der Waals surface area contributed by atoms with Crippen LogP contribution in [0.15, 0.2) is 48.5 Å². The summed E-state index contributed by atoms with van der Waals surface area (Å²) in [6.07, 6.45) is 6.34. The van der Waals surface area contributed by atoms with E-state index < -0.39 is 29.7 Å². The smallest absolute Gasteiger partial charge is 0.408 e. The number of amides is 3. The van der Waals surface area contributed by atoms with Crippen LogP contribution in [0.1, 0.15) is 77.8 Å². The van der Waals surface area contributed by atoms with Gasteiger partial charge in [0, 0.05) is 12.2 Å². The van der Waals surface area contributed by atoms with E-state index in [2.05, 4.69) is 17.6 Å². The van der Waals surface area contributed by atoms with Gasteiger partial charge in [0.2, 0.25) is 5.91 Å². The average molecular weight is 602 g/mol. The molecule has 9 nitrogen and oxygen atoms in total. The number of anilines is 1. The van der Waals surface area contributed by atoms with Crippen LogP contribution in [0.2, 0.25) is 0 Å². The van der Waals surface area contributed by atoms with Crippen molar-refractivity contribution in [3.63, 3.8) is 0 Å². The molecular formula is C32H47N3O6S. The molecule has 0 radical (unpaired) electrons. The quantitative estimate of drug-likeness (QED) is 0.187. The first kappa shape index (κ1) is 34.8. The molecule has 2 atom stereocenters. The van der Waals surface area contributed by atoms with Gasteiger partial charge in [0.15, 0.2) is 0 Å². The fraction of sp³-hybridized carbons (Fsp3) is 0.531. The van der Waals surface area contributed by atoms with Crippen molar-refractivity contribution in [1.82, 2.24) is 10.2 Å². The molecule has 0 aliphatic heterocycles. The summed E-state index contributed by atoms with van der Waals surface area (Å²) < 4.78 is 10.7. The van der Waals surface area contributed by atoms with Crippen LogP contribution in [0.25, 0.3) is 0 Å². The number of methoxy groups -OCH3 is 1. The molecule has 0 bridgehead atoms. The number of hydrogen-bond donors (Lipinski definition) is 3. The second kappa shape index (κ2) is 17.5. The Bertz CT molecular complexity index is 1140. The van der Waals surface area contributed by atoms with Crippen molar-refractivity contribution in [3.8, 4) is 11.5 Å². The SMILES string of the molecule is CCCCCCCN(C(=O)C(CCSC)NC(=O)OC(C)(C)C)C(C(=O)Nc1ccc(OC)cc1)c1cccc(O)c1. The number of carbonyl (C=O) groups is 3. The minimum Gasteiger partial charge on any atom is -0.508 e.